The maximum Gasteiger partial charge on any atom is 0.271 e. The van der Waals surface area contributed by atoms with Crippen LogP contribution in [0.5, 0.6) is 0 Å². The molecule has 1 fully saturated rings. The number of morpholine rings is 1. The number of amides is 1. The highest BCUT2D eigenvalue weighted by molar-refractivity contribution is 7.89. The van der Waals surface area contributed by atoms with E-state index in [1.165, 1.54) is 34.8 Å². The number of hydrazone groups is 1. The monoisotopic (exact) mass is 407 g/mol. The summed E-state index contributed by atoms with van der Waals surface area (Å²) in [4.78, 5) is 12.4. The van der Waals surface area contributed by atoms with E-state index in [9.17, 15) is 13.2 Å². The molecule has 1 amide bonds. The van der Waals surface area contributed by atoms with Gasteiger partial charge >= 0.3 is 0 Å². The summed E-state index contributed by atoms with van der Waals surface area (Å²) in [7, 11) is -3.67. The number of carbonyl (C=O) groups excluding carboxylic acids is 1. The highest BCUT2D eigenvalue weighted by Gasteiger charge is 2.26. The number of benzene rings is 2. The molecule has 1 aliphatic rings. The van der Waals surface area contributed by atoms with Crippen LogP contribution >= 0.6 is 11.6 Å². The smallest absolute Gasteiger partial charge is 0.271 e. The number of nitrogens with one attached hydrogen (secondary N) is 1. The van der Waals surface area contributed by atoms with E-state index in [4.69, 9.17) is 16.3 Å². The average molecular weight is 408 g/mol. The number of hydrogen-bond acceptors (Lipinski definition) is 5. The van der Waals surface area contributed by atoms with Crippen LogP contribution in [-0.2, 0) is 14.8 Å². The van der Waals surface area contributed by atoms with Crippen molar-refractivity contribution in [2.75, 3.05) is 26.3 Å². The second-order valence-electron chi connectivity index (χ2n) is 5.76. The van der Waals surface area contributed by atoms with E-state index in [1.807, 2.05) is 0 Å². The van der Waals surface area contributed by atoms with Crippen molar-refractivity contribution in [2.24, 2.45) is 5.10 Å². The number of hydrogen-bond donors (Lipinski definition) is 1. The van der Waals surface area contributed by atoms with Gasteiger partial charge in [0.1, 0.15) is 0 Å². The van der Waals surface area contributed by atoms with E-state index in [0.717, 1.165) is 0 Å². The van der Waals surface area contributed by atoms with Gasteiger partial charge in [-0.1, -0.05) is 35.9 Å². The van der Waals surface area contributed by atoms with Gasteiger partial charge in [0, 0.05) is 29.2 Å². The molecular formula is C18H18ClN3O4S. The van der Waals surface area contributed by atoms with E-state index in [1.54, 1.807) is 24.3 Å². The van der Waals surface area contributed by atoms with Crippen molar-refractivity contribution in [1.29, 1.82) is 0 Å². The molecule has 142 valence electrons. The standard InChI is InChI=1S/C18H18ClN3O4S/c19-17-7-2-1-4-15(17)13-20-21-18(23)14-5-3-6-16(12-14)27(24,25)22-8-10-26-11-9-22/h1-7,12-13H,8-11H2,(H,21,23)/b20-13-. The van der Waals surface area contributed by atoms with Crippen LogP contribution in [0.1, 0.15) is 15.9 Å². The summed E-state index contributed by atoms with van der Waals surface area (Å²) >= 11 is 6.02. The lowest BCUT2D eigenvalue weighted by Crippen LogP contribution is -2.40. The van der Waals surface area contributed by atoms with E-state index < -0.39 is 15.9 Å². The third-order valence-electron chi connectivity index (χ3n) is 3.98. The third kappa shape index (κ3) is 4.72. The predicted molar refractivity (Wildman–Crippen MR) is 103 cm³/mol. The normalized spacial score (nSPS) is 15.7. The first-order chi connectivity index (χ1) is 13.0. The fourth-order valence-electron chi connectivity index (χ4n) is 2.54. The summed E-state index contributed by atoms with van der Waals surface area (Å²) in [6.45, 7) is 1.30. The summed E-state index contributed by atoms with van der Waals surface area (Å²) in [6, 6.07) is 12.9. The van der Waals surface area contributed by atoms with E-state index in [0.29, 0.717) is 36.9 Å². The topological polar surface area (TPSA) is 88.1 Å². The molecule has 1 heterocycles. The minimum Gasteiger partial charge on any atom is -0.379 e. The van der Waals surface area contributed by atoms with Gasteiger partial charge < -0.3 is 4.74 Å². The van der Waals surface area contributed by atoms with Crippen molar-refractivity contribution >= 4 is 33.7 Å². The fourth-order valence-corrected chi connectivity index (χ4v) is 4.18. The molecule has 27 heavy (non-hydrogen) atoms. The molecule has 1 saturated heterocycles. The Labute approximate surface area is 162 Å². The van der Waals surface area contributed by atoms with Crippen LogP contribution in [-0.4, -0.2) is 51.1 Å². The van der Waals surface area contributed by atoms with Gasteiger partial charge in [-0.05, 0) is 24.3 Å². The fraction of sp³-hybridized carbons (Fsp3) is 0.222. The Morgan fingerprint density at radius 1 is 1.15 bits per heavy atom. The molecular weight excluding hydrogens is 390 g/mol. The van der Waals surface area contributed by atoms with Crippen LogP contribution in [0.4, 0.5) is 0 Å². The maximum absolute atomic E-state index is 12.7. The lowest BCUT2D eigenvalue weighted by atomic mass is 10.2. The average Bonchev–Trinajstić information content (AvgIpc) is 2.70. The highest BCUT2D eigenvalue weighted by atomic mass is 35.5. The number of halogens is 1. The molecule has 1 aliphatic heterocycles. The maximum atomic E-state index is 12.7. The van der Waals surface area contributed by atoms with Gasteiger partial charge in [-0.15, -0.1) is 0 Å². The number of rotatable bonds is 5. The Hall–Kier alpha value is -2.26. The molecule has 7 nitrogen and oxygen atoms in total. The van der Waals surface area contributed by atoms with Gasteiger partial charge in [-0.2, -0.15) is 9.41 Å². The summed E-state index contributed by atoms with van der Waals surface area (Å²) in [6.07, 6.45) is 1.43. The van der Waals surface area contributed by atoms with Gasteiger partial charge in [0.05, 0.1) is 24.3 Å². The van der Waals surface area contributed by atoms with E-state index >= 15 is 0 Å². The SMILES string of the molecule is O=C(N/N=C\c1ccccc1Cl)c1cccc(S(=O)(=O)N2CCOCC2)c1. The summed E-state index contributed by atoms with van der Waals surface area (Å²) in [5.41, 5.74) is 3.23. The Kier molecular flexibility index (Phi) is 6.22. The van der Waals surface area contributed by atoms with Gasteiger partial charge in [0.15, 0.2) is 0 Å². The van der Waals surface area contributed by atoms with Gasteiger partial charge in [-0.25, -0.2) is 13.8 Å². The van der Waals surface area contributed by atoms with Crippen LogP contribution in [0.2, 0.25) is 5.02 Å². The zero-order valence-electron chi connectivity index (χ0n) is 14.3. The van der Waals surface area contributed by atoms with Gasteiger partial charge in [-0.3, -0.25) is 4.79 Å². The lowest BCUT2D eigenvalue weighted by molar-refractivity contribution is 0.0730. The Bertz CT molecular complexity index is 957. The largest absolute Gasteiger partial charge is 0.379 e. The molecule has 2 aromatic carbocycles. The molecule has 2 aromatic rings. The molecule has 1 N–H and O–H groups in total. The molecule has 0 aliphatic carbocycles. The van der Waals surface area contributed by atoms with E-state index in [-0.39, 0.29) is 10.5 Å². The Balaban J connectivity index is 1.73. The van der Waals surface area contributed by atoms with Crippen molar-refractivity contribution in [3.05, 3.63) is 64.7 Å². The lowest BCUT2D eigenvalue weighted by Gasteiger charge is -2.26. The van der Waals surface area contributed by atoms with Crippen LogP contribution < -0.4 is 5.43 Å². The van der Waals surface area contributed by atoms with Crippen LogP contribution in [0.3, 0.4) is 0 Å². The predicted octanol–water partition coefficient (Wildman–Crippen LogP) is 2.12. The molecule has 0 saturated carbocycles. The first-order valence-corrected chi connectivity index (χ1v) is 10.1. The highest BCUT2D eigenvalue weighted by Crippen LogP contribution is 2.18. The molecule has 0 radical (unpaired) electrons. The zero-order chi connectivity index (χ0) is 19.3. The molecule has 0 spiro atoms. The number of carbonyl (C=O) groups is 1. The minimum absolute atomic E-state index is 0.0622. The summed E-state index contributed by atoms with van der Waals surface area (Å²) < 4.78 is 31.9. The van der Waals surface area contributed by atoms with Crippen LogP contribution in [0, 0.1) is 0 Å². The molecule has 3 rings (SSSR count). The van der Waals surface area contributed by atoms with Crippen molar-refractivity contribution in [3.8, 4) is 0 Å². The summed E-state index contributed by atoms with van der Waals surface area (Å²) in [5.74, 6) is -0.516. The van der Waals surface area contributed by atoms with Crippen molar-refractivity contribution in [2.45, 2.75) is 4.90 Å². The number of nitrogens with zero attached hydrogens (tertiary/aromatic N) is 2. The first-order valence-electron chi connectivity index (χ1n) is 8.24. The third-order valence-corrected chi connectivity index (χ3v) is 6.22. The second-order valence-corrected chi connectivity index (χ2v) is 8.11. The molecule has 9 heteroatoms. The second kappa shape index (κ2) is 8.62. The van der Waals surface area contributed by atoms with Crippen molar-refractivity contribution in [1.82, 2.24) is 9.73 Å². The number of sulfonamides is 1. The zero-order valence-corrected chi connectivity index (χ0v) is 15.9. The Morgan fingerprint density at radius 2 is 1.89 bits per heavy atom. The Morgan fingerprint density at radius 3 is 2.63 bits per heavy atom. The first kappa shape index (κ1) is 19.5. The minimum atomic E-state index is -3.67. The van der Waals surface area contributed by atoms with Crippen molar-refractivity contribution in [3.63, 3.8) is 0 Å². The van der Waals surface area contributed by atoms with Crippen LogP contribution in [0.15, 0.2) is 58.5 Å². The molecule has 0 unspecified atom stereocenters. The molecule has 0 atom stereocenters. The molecule has 0 aromatic heterocycles. The van der Waals surface area contributed by atoms with Crippen LogP contribution in [0.25, 0.3) is 0 Å². The number of ether oxygens (including phenoxy) is 1. The van der Waals surface area contributed by atoms with E-state index in [2.05, 4.69) is 10.5 Å². The van der Waals surface area contributed by atoms with Gasteiger partial charge in [0.25, 0.3) is 5.91 Å². The van der Waals surface area contributed by atoms with Crippen molar-refractivity contribution < 1.29 is 17.9 Å². The van der Waals surface area contributed by atoms with Gasteiger partial charge in [0.2, 0.25) is 10.0 Å². The molecule has 0 bridgehead atoms. The quantitative estimate of drug-likeness (QED) is 0.607. The summed E-state index contributed by atoms with van der Waals surface area (Å²) in [5, 5.41) is 4.38.